The number of thiophene rings is 1. The molecule has 0 radical (unpaired) electrons. The van der Waals surface area contributed by atoms with Crippen molar-refractivity contribution >= 4 is 22.9 Å². The van der Waals surface area contributed by atoms with E-state index in [0.717, 1.165) is 36.3 Å². The molecule has 0 fully saturated rings. The van der Waals surface area contributed by atoms with Crippen molar-refractivity contribution in [1.82, 2.24) is 5.43 Å². The monoisotopic (exact) mass is 308 g/mol. The van der Waals surface area contributed by atoms with Crippen LogP contribution in [0, 0.1) is 6.92 Å². The Kier molecular flexibility index (Phi) is 6.05. The number of hydrogen-bond acceptors (Lipinski definition) is 3. The third-order valence-corrected chi connectivity index (χ3v) is 4.75. The Bertz CT molecular complexity index is 525. The molecule has 0 saturated heterocycles. The van der Waals surface area contributed by atoms with Crippen LogP contribution in [-0.4, -0.2) is 6.04 Å². The molecule has 0 aliphatic rings. The molecule has 1 heterocycles. The van der Waals surface area contributed by atoms with Crippen molar-refractivity contribution in [2.75, 3.05) is 0 Å². The van der Waals surface area contributed by atoms with Crippen LogP contribution in [0.5, 0.6) is 0 Å². The summed E-state index contributed by atoms with van der Waals surface area (Å²) < 4.78 is 0. The SMILES string of the molecule is Cc1ccc(CC(CCCc2cccs2)NN)c(Cl)c1. The van der Waals surface area contributed by atoms with Gasteiger partial charge in [-0.05, 0) is 61.2 Å². The quantitative estimate of drug-likeness (QED) is 0.597. The Morgan fingerprint density at radius 2 is 2.20 bits per heavy atom. The average molecular weight is 309 g/mol. The van der Waals surface area contributed by atoms with Gasteiger partial charge >= 0.3 is 0 Å². The highest BCUT2D eigenvalue weighted by Gasteiger charge is 2.10. The molecule has 108 valence electrons. The van der Waals surface area contributed by atoms with Crippen LogP contribution in [0.15, 0.2) is 35.7 Å². The van der Waals surface area contributed by atoms with E-state index in [1.807, 2.05) is 17.4 Å². The fourth-order valence-electron chi connectivity index (χ4n) is 2.31. The van der Waals surface area contributed by atoms with E-state index in [1.54, 1.807) is 0 Å². The topological polar surface area (TPSA) is 38.0 Å². The zero-order chi connectivity index (χ0) is 14.4. The fraction of sp³-hybridized carbons (Fsp3) is 0.375. The van der Waals surface area contributed by atoms with Gasteiger partial charge in [0.1, 0.15) is 0 Å². The first-order chi connectivity index (χ1) is 9.69. The van der Waals surface area contributed by atoms with Crippen LogP contribution in [0.3, 0.4) is 0 Å². The Morgan fingerprint density at radius 1 is 1.35 bits per heavy atom. The highest BCUT2D eigenvalue weighted by molar-refractivity contribution is 7.09. The van der Waals surface area contributed by atoms with Crippen molar-refractivity contribution in [1.29, 1.82) is 0 Å². The maximum Gasteiger partial charge on any atom is 0.0441 e. The van der Waals surface area contributed by atoms with Gasteiger partial charge in [-0.15, -0.1) is 11.3 Å². The molecule has 2 rings (SSSR count). The van der Waals surface area contributed by atoms with E-state index in [4.69, 9.17) is 17.4 Å². The van der Waals surface area contributed by atoms with Gasteiger partial charge in [0.15, 0.2) is 0 Å². The Morgan fingerprint density at radius 3 is 2.85 bits per heavy atom. The molecule has 0 bridgehead atoms. The summed E-state index contributed by atoms with van der Waals surface area (Å²) in [6.45, 7) is 2.05. The predicted molar refractivity (Wildman–Crippen MR) is 88.3 cm³/mol. The highest BCUT2D eigenvalue weighted by atomic mass is 35.5. The molecule has 1 unspecified atom stereocenters. The number of nitrogens with one attached hydrogen (secondary N) is 1. The van der Waals surface area contributed by atoms with E-state index in [2.05, 4.69) is 42.0 Å². The Labute approximate surface area is 129 Å². The van der Waals surface area contributed by atoms with Crippen molar-refractivity contribution in [2.24, 2.45) is 5.84 Å². The molecular weight excluding hydrogens is 288 g/mol. The molecule has 1 aromatic carbocycles. The minimum absolute atomic E-state index is 0.273. The molecule has 0 aliphatic carbocycles. The highest BCUT2D eigenvalue weighted by Crippen LogP contribution is 2.20. The second-order valence-corrected chi connectivity index (χ2v) is 6.57. The van der Waals surface area contributed by atoms with Crippen molar-refractivity contribution in [3.8, 4) is 0 Å². The van der Waals surface area contributed by atoms with E-state index >= 15 is 0 Å². The van der Waals surface area contributed by atoms with Gasteiger partial charge in [0, 0.05) is 15.9 Å². The maximum atomic E-state index is 6.28. The molecule has 2 aromatic rings. The smallest absolute Gasteiger partial charge is 0.0441 e. The minimum Gasteiger partial charge on any atom is -0.271 e. The van der Waals surface area contributed by atoms with Crippen LogP contribution in [0.25, 0.3) is 0 Å². The predicted octanol–water partition coefficient (Wildman–Crippen LogP) is 4.11. The Hall–Kier alpha value is -0.870. The van der Waals surface area contributed by atoms with Crippen molar-refractivity contribution in [2.45, 2.75) is 38.6 Å². The molecule has 0 amide bonds. The molecule has 3 N–H and O–H groups in total. The second kappa shape index (κ2) is 7.79. The lowest BCUT2D eigenvalue weighted by Crippen LogP contribution is -2.36. The first kappa shape index (κ1) is 15.5. The second-order valence-electron chi connectivity index (χ2n) is 5.13. The van der Waals surface area contributed by atoms with Crippen LogP contribution in [0.2, 0.25) is 5.02 Å². The standard InChI is InChI=1S/C16H21ClN2S/c1-12-7-8-13(16(17)10-12)11-14(19-18)4-2-5-15-6-3-9-20-15/h3,6-10,14,19H,2,4-5,11,18H2,1H3. The van der Waals surface area contributed by atoms with Crippen LogP contribution in [0.4, 0.5) is 0 Å². The molecule has 1 aromatic heterocycles. The molecule has 4 heteroatoms. The zero-order valence-electron chi connectivity index (χ0n) is 11.7. The van der Waals surface area contributed by atoms with Crippen LogP contribution >= 0.6 is 22.9 Å². The van der Waals surface area contributed by atoms with E-state index < -0.39 is 0 Å². The van der Waals surface area contributed by atoms with Gasteiger partial charge in [0.25, 0.3) is 0 Å². The normalized spacial score (nSPS) is 12.6. The lowest BCUT2D eigenvalue weighted by Gasteiger charge is -2.16. The Balaban J connectivity index is 1.85. The number of halogens is 1. The summed E-state index contributed by atoms with van der Waals surface area (Å²) in [6, 6.07) is 10.8. The summed E-state index contributed by atoms with van der Waals surface area (Å²) in [5.41, 5.74) is 5.27. The van der Waals surface area contributed by atoms with Gasteiger partial charge in [0.2, 0.25) is 0 Å². The fourth-order valence-corrected chi connectivity index (χ4v) is 3.37. The lowest BCUT2D eigenvalue weighted by atomic mass is 10.0. The summed E-state index contributed by atoms with van der Waals surface area (Å²) in [6.07, 6.45) is 4.19. The summed E-state index contributed by atoms with van der Waals surface area (Å²) in [4.78, 5) is 1.44. The molecule has 2 nitrogen and oxygen atoms in total. The largest absolute Gasteiger partial charge is 0.271 e. The lowest BCUT2D eigenvalue weighted by molar-refractivity contribution is 0.477. The summed E-state index contributed by atoms with van der Waals surface area (Å²) in [7, 11) is 0. The van der Waals surface area contributed by atoms with Crippen LogP contribution < -0.4 is 11.3 Å². The zero-order valence-corrected chi connectivity index (χ0v) is 13.3. The number of benzene rings is 1. The van der Waals surface area contributed by atoms with Gasteiger partial charge < -0.3 is 0 Å². The van der Waals surface area contributed by atoms with Gasteiger partial charge in [-0.3, -0.25) is 11.3 Å². The van der Waals surface area contributed by atoms with Gasteiger partial charge in [-0.1, -0.05) is 29.8 Å². The summed E-state index contributed by atoms with van der Waals surface area (Å²) in [5, 5.41) is 2.96. The van der Waals surface area contributed by atoms with Crippen molar-refractivity contribution in [3.63, 3.8) is 0 Å². The number of hydrazine groups is 1. The third-order valence-electron chi connectivity index (χ3n) is 3.47. The van der Waals surface area contributed by atoms with Crippen LogP contribution in [0.1, 0.15) is 28.8 Å². The van der Waals surface area contributed by atoms with E-state index in [0.29, 0.717) is 0 Å². The molecule has 0 spiro atoms. The van der Waals surface area contributed by atoms with Crippen molar-refractivity contribution in [3.05, 3.63) is 56.7 Å². The number of aryl methyl sites for hydroxylation is 2. The molecule has 20 heavy (non-hydrogen) atoms. The molecule has 1 atom stereocenters. The molecular formula is C16H21ClN2S. The first-order valence-corrected chi connectivity index (χ1v) is 8.18. The summed E-state index contributed by atoms with van der Waals surface area (Å²) in [5.74, 6) is 5.67. The van der Waals surface area contributed by atoms with Gasteiger partial charge in [0.05, 0.1) is 0 Å². The van der Waals surface area contributed by atoms with Gasteiger partial charge in [-0.2, -0.15) is 0 Å². The van der Waals surface area contributed by atoms with E-state index in [-0.39, 0.29) is 6.04 Å². The van der Waals surface area contributed by atoms with Crippen LogP contribution in [-0.2, 0) is 12.8 Å². The first-order valence-electron chi connectivity index (χ1n) is 6.92. The number of hydrogen-bond donors (Lipinski definition) is 2. The average Bonchev–Trinajstić information content (AvgIpc) is 2.93. The van der Waals surface area contributed by atoms with Gasteiger partial charge in [-0.25, -0.2) is 0 Å². The van der Waals surface area contributed by atoms with E-state index in [1.165, 1.54) is 10.4 Å². The van der Waals surface area contributed by atoms with Crippen molar-refractivity contribution < 1.29 is 0 Å². The maximum absolute atomic E-state index is 6.28. The third kappa shape index (κ3) is 4.60. The number of nitrogens with two attached hydrogens (primary N) is 1. The van der Waals surface area contributed by atoms with E-state index in [9.17, 15) is 0 Å². The number of rotatable bonds is 7. The molecule has 0 saturated carbocycles. The molecule has 0 aliphatic heterocycles. The minimum atomic E-state index is 0.273. The summed E-state index contributed by atoms with van der Waals surface area (Å²) >= 11 is 8.10.